The van der Waals surface area contributed by atoms with Crippen molar-refractivity contribution in [3.63, 3.8) is 0 Å². The molecule has 0 aromatic heterocycles. The van der Waals surface area contributed by atoms with Crippen LogP contribution in [0.1, 0.15) is 38.9 Å². The van der Waals surface area contributed by atoms with E-state index in [-0.39, 0.29) is 24.3 Å². The number of nitrogens with zero attached hydrogens (tertiary/aromatic N) is 3. The number of benzene rings is 7. The van der Waals surface area contributed by atoms with Crippen molar-refractivity contribution < 1.29 is 154 Å². The number of anilines is 9. The Morgan fingerprint density at radius 3 is 0.529 bits per heavy atom. The number of rotatable bonds is 9. The van der Waals surface area contributed by atoms with Gasteiger partial charge in [0, 0.05) is 11.4 Å². The monoisotopic (exact) mass is 1310 g/mol. The van der Waals surface area contributed by atoms with E-state index in [1.165, 1.54) is 0 Å². The average Bonchev–Trinajstić information content (AvgIpc) is 0.732. The summed E-state index contributed by atoms with van der Waals surface area (Å²) >= 11 is 0. The van der Waals surface area contributed by atoms with Crippen molar-refractivity contribution in [1.82, 2.24) is 0 Å². The second kappa shape index (κ2) is 21.7. The zero-order valence-electron chi connectivity index (χ0n) is 40.5. The molecule has 7 aromatic rings. The van der Waals surface area contributed by atoms with E-state index in [0.29, 0.717) is 13.8 Å². The molecule has 0 aliphatic carbocycles. The maximum atomic E-state index is 17.1. The second-order valence-electron chi connectivity index (χ2n) is 17.5. The molecule has 0 atom stereocenters. The molecule has 0 bridgehead atoms. The Kier molecular flexibility index (Phi) is 16.5. The highest BCUT2D eigenvalue weighted by Gasteiger charge is 2.50. The maximum absolute atomic E-state index is 17.1. The lowest BCUT2D eigenvalue weighted by molar-refractivity contribution is -0.144. The van der Waals surface area contributed by atoms with Crippen molar-refractivity contribution in [1.29, 1.82) is 0 Å². The maximum Gasteiger partial charge on any atom is 0.422 e. The molecular formula is C49H12F35N3. The first kappa shape index (κ1) is 66.0. The molecule has 0 unspecified atom stereocenters. The third-order valence-corrected chi connectivity index (χ3v) is 11.9. The first-order valence-corrected chi connectivity index (χ1v) is 21.8. The Morgan fingerprint density at radius 1 is 0.207 bits per heavy atom. The van der Waals surface area contributed by atoms with Crippen LogP contribution in [-0.4, -0.2) is 0 Å². The zero-order valence-corrected chi connectivity index (χ0v) is 40.5. The highest BCUT2D eigenvalue weighted by Crippen LogP contribution is 2.55. The van der Waals surface area contributed by atoms with Crippen LogP contribution in [0.5, 0.6) is 0 Å². The van der Waals surface area contributed by atoms with Gasteiger partial charge in [-0.1, -0.05) is 0 Å². The number of hydrogen-bond acceptors (Lipinski definition) is 3. The van der Waals surface area contributed by atoms with Gasteiger partial charge in [0.2, 0.25) is 0 Å². The molecular weight excluding hydrogens is 1300 g/mol. The summed E-state index contributed by atoms with van der Waals surface area (Å²) in [6, 6.07) is -1.60. The number of halogens is 35. The van der Waals surface area contributed by atoms with E-state index in [0.717, 1.165) is 0 Å². The van der Waals surface area contributed by atoms with Gasteiger partial charge in [0.1, 0.15) is 56.5 Å². The minimum atomic E-state index is -6.80. The Labute approximate surface area is 455 Å². The lowest BCUT2D eigenvalue weighted by Gasteiger charge is -2.33. The van der Waals surface area contributed by atoms with Gasteiger partial charge in [-0.05, 0) is 61.4 Å². The minimum Gasteiger partial charge on any atom is -0.300 e. The molecule has 0 aliphatic heterocycles. The Balaban J connectivity index is 1.72. The summed E-state index contributed by atoms with van der Waals surface area (Å²) < 4.78 is 531. The van der Waals surface area contributed by atoms with Crippen molar-refractivity contribution in [2.24, 2.45) is 0 Å². The lowest BCUT2D eigenvalue weighted by atomic mass is 10.0. The molecule has 0 saturated heterocycles. The SMILES string of the molecule is Cc1cc(N(c2c(F)c(F)c(N(c3c(F)c(F)c(N(c4cc(C)cc(C(F)(F)F)c4)c4c(F)c(F)c(C(F)(F)F)c(F)c4F)c(F)c3F)c3c(F)c(F)c(C(F)(F)F)c(F)c3F)c(F)c2F)c2c(F)c(F)c(C(F)(F)F)c(F)c2F)cc(C(F)(F)F)c1. The number of alkyl halides is 15. The Morgan fingerprint density at radius 2 is 0.368 bits per heavy atom. The molecule has 0 amide bonds. The standard InChI is InChI=1S/C49H12F35N3/c1-9-3-11(45(70,71)72)7-13(5-9)85(38-24(56)18(50)15(47(76,77)78)19(51)25(38)57)40-30(62)34(66)43(35(67)31(40)63)87(42-28(60)22(54)17(49(82,83)84)23(55)29(42)61)44-36(68)32(64)41(33(65)37(44)69)86(14-6-10(2)4-12(8-14)46(73,74)75)39-26(58)20(52)16(48(79,80)81)21(53)27(39)59/h3-8H,1-2H3. The van der Waals surface area contributed by atoms with Gasteiger partial charge in [-0.3, -0.25) is 14.7 Å². The molecule has 7 aromatic carbocycles. The molecule has 87 heavy (non-hydrogen) atoms. The van der Waals surface area contributed by atoms with Crippen LogP contribution in [0.25, 0.3) is 0 Å². The van der Waals surface area contributed by atoms with Crippen LogP contribution < -0.4 is 14.7 Å². The van der Waals surface area contributed by atoms with E-state index in [2.05, 4.69) is 0 Å². The average molecular weight is 1310 g/mol. The van der Waals surface area contributed by atoms with Crippen molar-refractivity contribution in [3.05, 3.63) is 192 Å². The van der Waals surface area contributed by atoms with Gasteiger partial charge < -0.3 is 0 Å². The fraction of sp³-hybridized carbons (Fsp3) is 0.143. The fourth-order valence-corrected chi connectivity index (χ4v) is 8.38. The van der Waals surface area contributed by atoms with E-state index in [9.17, 15) is 65.9 Å². The van der Waals surface area contributed by atoms with Crippen LogP contribution in [0.2, 0.25) is 0 Å². The van der Waals surface area contributed by atoms with Crippen molar-refractivity contribution in [2.45, 2.75) is 44.7 Å². The minimum absolute atomic E-state index is 0.0395. The van der Waals surface area contributed by atoms with Crippen molar-refractivity contribution in [2.75, 3.05) is 14.7 Å². The number of aryl methyl sites for hydroxylation is 2. The third-order valence-electron chi connectivity index (χ3n) is 11.9. The largest absolute Gasteiger partial charge is 0.422 e. The zero-order chi connectivity index (χ0) is 66.3. The highest BCUT2D eigenvalue weighted by molar-refractivity contribution is 5.87. The van der Waals surface area contributed by atoms with E-state index in [1.807, 2.05) is 0 Å². The van der Waals surface area contributed by atoms with Crippen LogP contribution in [-0.2, 0) is 30.9 Å². The summed E-state index contributed by atoms with van der Waals surface area (Å²) in [7, 11) is 0. The smallest absolute Gasteiger partial charge is 0.300 e. The summed E-state index contributed by atoms with van der Waals surface area (Å²) in [5.74, 6) is -78.1. The van der Waals surface area contributed by atoms with E-state index >= 15 is 87.8 Å². The van der Waals surface area contributed by atoms with Crippen LogP contribution in [0.3, 0.4) is 0 Å². The first-order chi connectivity index (χ1) is 39.5. The van der Waals surface area contributed by atoms with Gasteiger partial charge in [-0.2, -0.15) is 65.9 Å². The summed E-state index contributed by atoms with van der Waals surface area (Å²) in [4.78, 5) is -5.46. The van der Waals surface area contributed by atoms with Gasteiger partial charge in [0.25, 0.3) is 0 Å². The van der Waals surface area contributed by atoms with Gasteiger partial charge >= 0.3 is 30.9 Å². The molecule has 0 saturated carbocycles. The lowest BCUT2D eigenvalue weighted by Crippen LogP contribution is -2.28. The molecule has 0 fully saturated rings. The van der Waals surface area contributed by atoms with E-state index < -0.39 is 264 Å². The second-order valence-corrected chi connectivity index (χ2v) is 17.5. The molecule has 0 heterocycles. The van der Waals surface area contributed by atoms with Crippen LogP contribution >= 0.6 is 0 Å². The van der Waals surface area contributed by atoms with Gasteiger partial charge in [0.15, 0.2) is 116 Å². The highest BCUT2D eigenvalue weighted by atomic mass is 19.4. The Bertz CT molecular complexity index is 3660. The van der Waals surface area contributed by atoms with Crippen LogP contribution in [0, 0.1) is 130 Å². The molecule has 0 spiro atoms. The summed E-state index contributed by atoms with van der Waals surface area (Å²) in [5, 5.41) is 0. The van der Waals surface area contributed by atoms with Gasteiger partial charge in [-0.25, -0.2) is 87.8 Å². The summed E-state index contributed by atoms with van der Waals surface area (Å²) in [6.07, 6.45) is -31.7. The van der Waals surface area contributed by atoms with Gasteiger partial charge in [-0.15, -0.1) is 0 Å². The predicted octanol–water partition coefficient (Wildman–Crippen LogP) is 20.6. The van der Waals surface area contributed by atoms with E-state index in [1.54, 1.807) is 0 Å². The van der Waals surface area contributed by atoms with Crippen molar-refractivity contribution >= 4 is 51.2 Å². The topological polar surface area (TPSA) is 9.72 Å². The Hall–Kier alpha value is -8.51. The first-order valence-electron chi connectivity index (χ1n) is 21.8. The quantitative estimate of drug-likeness (QED) is 0.105. The van der Waals surface area contributed by atoms with E-state index in [4.69, 9.17) is 0 Å². The summed E-state index contributed by atoms with van der Waals surface area (Å²) in [6.45, 7) is 0.939. The number of hydrogen-bond donors (Lipinski definition) is 0. The molecule has 7 rings (SSSR count). The molecule has 38 heteroatoms. The third kappa shape index (κ3) is 10.9. The molecule has 0 N–H and O–H groups in total. The molecule has 0 aliphatic rings. The predicted molar refractivity (Wildman–Crippen MR) is 224 cm³/mol. The molecule has 3 nitrogen and oxygen atoms in total. The normalized spacial score (nSPS) is 12.7. The van der Waals surface area contributed by atoms with Gasteiger partial charge in [0.05, 0.1) is 11.1 Å². The van der Waals surface area contributed by atoms with Crippen LogP contribution in [0.4, 0.5) is 205 Å². The molecule has 0 radical (unpaired) electrons. The molecule has 468 valence electrons. The van der Waals surface area contributed by atoms with Crippen LogP contribution in [0.15, 0.2) is 36.4 Å². The summed E-state index contributed by atoms with van der Waals surface area (Å²) in [5.41, 5.74) is -46.9. The fourth-order valence-electron chi connectivity index (χ4n) is 8.38. The van der Waals surface area contributed by atoms with Crippen molar-refractivity contribution in [3.8, 4) is 0 Å².